The van der Waals surface area contributed by atoms with E-state index in [1.165, 1.54) is 0 Å². The minimum Gasteiger partial charge on any atom is -0.466 e. The first kappa shape index (κ1) is 11.7. The van der Waals surface area contributed by atoms with E-state index in [-0.39, 0.29) is 24.6 Å². The van der Waals surface area contributed by atoms with Crippen LogP contribution in [0, 0.1) is 12.3 Å². The summed E-state index contributed by atoms with van der Waals surface area (Å²) >= 11 is 0. The van der Waals surface area contributed by atoms with E-state index in [9.17, 15) is 9.59 Å². The molecule has 3 heteroatoms. The lowest BCUT2D eigenvalue weighted by Crippen LogP contribution is -2.07. The molecular weight excluding hydrogens is 168 g/mol. The zero-order valence-corrected chi connectivity index (χ0v) is 7.84. The standard InChI is InChI=1S/C10H14O3/c1-3-5-6-9(11)7-8-10(12)13-4-2/h1H,4-8H2,2H3. The van der Waals surface area contributed by atoms with Gasteiger partial charge in [0.15, 0.2) is 0 Å². The molecule has 0 heterocycles. The minimum atomic E-state index is -0.323. The first-order chi connectivity index (χ1) is 6.20. The molecule has 0 rings (SSSR count). The molecular formula is C10H14O3. The number of rotatable bonds is 6. The van der Waals surface area contributed by atoms with Crippen LogP contribution >= 0.6 is 0 Å². The van der Waals surface area contributed by atoms with Gasteiger partial charge in [0, 0.05) is 19.3 Å². The second-order valence-corrected chi connectivity index (χ2v) is 2.55. The normalized spacial score (nSPS) is 8.92. The van der Waals surface area contributed by atoms with E-state index >= 15 is 0 Å². The van der Waals surface area contributed by atoms with Crippen LogP contribution in [0.2, 0.25) is 0 Å². The number of carbonyl (C=O) groups excluding carboxylic acids is 2. The lowest BCUT2D eigenvalue weighted by atomic mass is 10.1. The third kappa shape index (κ3) is 7.07. The van der Waals surface area contributed by atoms with Gasteiger partial charge in [0.1, 0.15) is 5.78 Å². The minimum absolute atomic E-state index is 0.0194. The molecule has 0 N–H and O–H groups in total. The maximum atomic E-state index is 11.0. The number of esters is 1. The van der Waals surface area contributed by atoms with Crippen molar-refractivity contribution in [3.63, 3.8) is 0 Å². The summed E-state index contributed by atoms with van der Waals surface area (Å²) in [5.74, 6) is 2.07. The van der Waals surface area contributed by atoms with Crippen LogP contribution in [0.25, 0.3) is 0 Å². The Bertz CT molecular complexity index is 213. The van der Waals surface area contributed by atoms with Gasteiger partial charge in [-0.3, -0.25) is 9.59 Å². The summed E-state index contributed by atoms with van der Waals surface area (Å²) in [4.78, 5) is 21.8. The van der Waals surface area contributed by atoms with Crippen molar-refractivity contribution in [2.75, 3.05) is 6.61 Å². The van der Waals surface area contributed by atoms with Crippen LogP contribution in [0.4, 0.5) is 0 Å². The van der Waals surface area contributed by atoms with Crippen molar-refractivity contribution in [1.82, 2.24) is 0 Å². The third-order valence-electron chi connectivity index (χ3n) is 1.46. The summed E-state index contributed by atoms with van der Waals surface area (Å²) in [6.45, 7) is 2.09. The first-order valence-electron chi connectivity index (χ1n) is 4.31. The number of terminal acetylenes is 1. The SMILES string of the molecule is C#CCCC(=O)CCC(=O)OCC. The predicted octanol–water partition coefficient (Wildman–Crippen LogP) is 1.31. The highest BCUT2D eigenvalue weighted by Crippen LogP contribution is 1.99. The van der Waals surface area contributed by atoms with Crippen molar-refractivity contribution in [3.05, 3.63) is 0 Å². The van der Waals surface area contributed by atoms with Crippen molar-refractivity contribution in [2.45, 2.75) is 32.6 Å². The van der Waals surface area contributed by atoms with Crippen LogP contribution in [-0.4, -0.2) is 18.4 Å². The highest BCUT2D eigenvalue weighted by molar-refractivity contribution is 5.83. The van der Waals surface area contributed by atoms with Crippen LogP contribution < -0.4 is 0 Å². The molecule has 0 bridgehead atoms. The number of carbonyl (C=O) groups is 2. The molecule has 0 atom stereocenters. The molecule has 13 heavy (non-hydrogen) atoms. The monoisotopic (exact) mass is 182 g/mol. The molecule has 0 unspecified atom stereocenters. The highest BCUT2D eigenvalue weighted by atomic mass is 16.5. The van der Waals surface area contributed by atoms with E-state index < -0.39 is 0 Å². The molecule has 0 aromatic rings. The van der Waals surface area contributed by atoms with Gasteiger partial charge in [0.2, 0.25) is 0 Å². The molecule has 0 radical (unpaired) electrons. The van der Waals surface area contributed by atoms with Gasteiger partial charge in [0.05, 0.1) is 13.0 Å². The average Bonchev–Trinajstić information content (AvgIpc) is 2.12. The van der Waals surface area contributed by atoms with Crippen molar-refractivity contribution < 1.29 is 14.3 Å². The van der Waals surface area contributed by atoms with Gasteiger partial charge >= 0.3 is 5.97 Å². The molecule has 0 aromatic carbocycles. The molecule has 0 saturated heterocycles. The van der Waals surface area contributed by atoms with Gasteiger partial charge in [-0.05, 0) is 6.92 Å². The van der Waals surface area contributed by atoms with E-state index in [2.05, 4.69) is 10.7 Å². The molecule has 0 aliphatic heterocycles. The van der Waals surface area contributed by atoms with E-state index in [1.54, 1.807) is 6.92 Å². The van der Waals surface area contributed by atoms with Gasteiger partial charge in [-0.25, -0.2) is 0 Å². The quantitative estimate of drug-likeness (QED) is 0.459. The molecule has 3 nitrogen and oxygen atoms in total. The summed E-state index contributed by atoms with van der Waals surface area (Å²) < 4.78 is 4.67. The number of Topliss-reactive ketones (excluding diaryl/α,β-unsaturated/α-hetero) is 1. The van der Waals surface area contributed by atoms with E-state index in [1.807, 2.05) is 0 Å². The highest BCUT2D eigenvalue weighted by Gasteiger charge is 2.06. The van der Waals surface area contributed by atoms with Crippen LogP contribution in [0.5, 0.6) is 0 Å². The second kappa shape index (κ2) is 7.35. The second-order valence-electron chi connectivity index (χ2n) is 2.55. The summed E-state index contributed by atoms with van der Waals surface area (Å²) in [7, 11) is 0. The van der Waals surface area contributed by atoms with Gasteiger partial charge in [-0.15, -0.1) is 12.3 Å². The van der Waals surface area contributed by atoms with Crippen LogP contribution in [0.1, 0.15) is 32.6 Å². The van der Waals surface area contributed by atoms with Crippen molar-refractivity contribution in [3.8, 4) is 12.3 Å². The average molecular weight is 182 g/mol. The number of ketones is 1. The Balaban J connectivity index is 3.47. The fourth-order valence-corrected chi connectivity index (χ4v) is 0.811. The summed E-state index contributed by atoms with van der Waals surface area (Å²) in [5.41, 5.74) is 0. The largest absolute Gasteiger partial charge is 0.466 e. The van der Waals surface area contributed by atoms with E-state index in [4.69, 9.17) is 6.42 Å². The number of hydrogen-bond acceptors (Lipinski definition) is 3. The molecule has 0 aromatic heterocycles. The Morgan fingerprint density at radius 3 is 2.54 bits per heavy atom. The smallest absolute Gasteiger partial charge is 0.306 e. The molecule has 0 spiro atoms. The van der Waals surface area contributed by atoms with Crippen molar-refractivity contribution in [1.29, 1.82) is 0 Å². The lowest BCUT2D eigenvalue weighted by molar-refractivity contribution is -0.144. The Kier molecular flexibility index (Phi) is 6.62. The maximum absolute atomic E-state index is 11.0. The maximum Gasteiger partial charge on any atom is 0.306 e. The first-order valence-corrected chi connectivity index (χ1v) is 4.31. The summed E-state index contributed by atoms with van der Waals surface area (Å²) in [5, 5.41) is 0. The van der Waals surface area contributed by atoms with Crippen molar-refractivity contribution in [2.24, 2.45) is 0 Å². The van der Waals surface area contributed by atoms with Crippen molar-refractivity contribution >= 4 is 11.8 Å². The van der Waals surface area contributed by atoms with Crippen LogP contribution in [0.15, 0.2) is 0 Å². The fraction of sp³-hybridized carbons (Fsp3) is 0.600. The Morgan fingerprint density at radius 2 is 2.00 bits per heavy atom. The molecule has 0 saturated carbocycles. The molecule has 72 valence electrons. The molecule has 0 fully saturated rings. The van der Waals surface area contributed by atoms with Gasteiger partial charge in [0.25, 0.3) is 0 Å². The number of hydrogen-bond donors (Lipinski definition) is 0. The Hall–Kier alpha value is -1.30. The zero-order valence-electron chi connectivity index (χ0n) is 7.84. The Labute approximate surface area is 78.5 Å². The predicted molar refractivity (Wildman–Crippen MR) is 48.9 cm³/mol. The van der Waals surface area contributed by atoms with E-state index in [0.717, 1.165) is 0 Å². The van der Waals surface area contributed by atoms with Crippen LogP contribution in [0.3, 0.4) is 0 Å². The summed E-state index contributed by atoms with van der Waals surface area (Å²) in [6, 6.07) is 0. The van der Waals surface area contributed by atoms with Gasteiger partial charge < -0.3 is 4.74 Å². The number of ether oxygens (including phenoxy) is 1. The lowest BCUT2D eigenvalue weighted by Gasteiger charge is -1.99. The molecule has 0 aliphatic carbocycles. The third-order valence-corrected chi connectivity index (χ3v) is 1.46. The van der Waals surface area contributed by atoms with Crippen LogP contribution in [-0.2, 0) is 14.3 Å². The van der Waals surface area contributed by atoms with E-state index in [0.29, 0.717) is 19.4 Å². The topological polar surface area (TPSA) is 43.4 Å². The Morgan fingerprint density at radius 1 is 1.31 bits per heavy atom. The zero-order chi connectivity index (χ0) is 10.1. The molecule has 0 amide bonds. The van der Waals surface area contributed by atoms with Gasteiger partial charge in [-0.2, -0.15) is 0 Å². The fourth-order valence-electron chi connectivity index (χ4n) is 0.811. The summed E-state index contributed by atoms with van der Waals surface area (Å²) in [6.07, 6.45) is 6.19. The van der Waals surface area contributed by atoms with Gasteiger partial charge in [-0.1, -0.05) is 0 Å². The molecule has 0 aliphatic rings.